The quantitative estimate of drug-likeness (QED) is 0.179. The Bertz CT molecular complexity index is 951. The number of hydrogen-bond acceptors (Lipinski definition) is 9. The van der Waals surface area contributed by atoms with Gasteiger partial charge in [0.2, 0.25) is 0 Å². The lowest BCUT2D eigenvalue weighted by molar-refractivity contribution is -0.384. The monoisotopic (exact) mass is 446 g/mol. The smallest absolute Gasteiger partial charge is 0.337 e. The number of nitrogens with one attached hydrogen (secondary N) is 1. The largest absolute Gasteiger partial charge is 0.463 e. The third-order valence-electron chi connectivity index (χ3n) is 4.65. The van der Waals surface area contributed by atoms with Gasteiger partial charge in [-0.05, 0) is 25.8 Å². The maximum absolute atomic E-state index is 13.0. The molecule has 32 heavy (non-hydrogen) atoms. The number of benzene rings is 1. The van der Waals surface area contributed by atoms with Crippen molar-refractivity contribution in [2.75, 3.05) is 26.4 Å². The van der Waals surface area contributed by atoms with Gasteiger partial charge in [0.25, 0.3) is 5.69 Å². The molecular formula is C22H26N2O8. The molecule has 2 rings (SSSR count). The van der Waals surface area contributed by atoms with Crippen LogP contribution in [0.4, 0.5) is 5.69 Å². The number of non-ortho nitro benzene ring substituents is 1. The van der Waals surface area contributed by atoms with Gasteiger partial charge in [0.15, 0.2) is 6.29 Å². The number of carbonyl (C=O) groups excluding carboxylic acids is 3. The van der Waals surface area contributed by atoms with Gasteiger partial charge in [0, 0.05) is 24.4 Å². The Kier molecular flexibility index (Phi) is 9.08. The fourth-order valence-corrected chi connectivity index (χ4v) is 3.32. The van der Waals surface area contributed by atoms with Crippen LogP contribution in [0.5, 0.6) is 0 Å². The Morgan fingerprint density at radius 1 is 1.12 bits per heavy atom. The first kappa shape index (κ1) is 24.7. The second-order valence-corrected chi connectivity index (χ2v) is 6.86. The Labute approximate surface area is 185 Å². The van der Waals surface area contributed by atoms with E-state index < -0.39 is 22.8 Å². The van der Waals surface area contributed by atoms with Crippen LogP contribution in [0.15, 0.2) is 46.8 Å². The summed E-state index contributed by atoms with van der Waals surface area (Å²) in [4.78, 5) is 48.3. The minimum absolute atomic E-state index is 0.0619. The average molecular weight is 446 g/mol. The molecule has 1 aliphatic heterocycles. The Morgan fingerprint density at radius 2 is 1.84 bits per heavy atom. The van der Waals surface area contributed by atoms with Gasteiger partial charge in [0.05, 0.1) is 40.9 Å². The van der Waals surface area contributed by atoms with Crippen molar-refractivity contribution in [3.05, 3.63) is 62.5 Å². The summed E-state index contributed by atoms with van der Waals surface area (Å²) in [7, 11) is 0. The van der Waals surface area contributed by atoms with Crippen molar-refractivity contribution in [3.8, 4) is 0 Å². The molecular weight excluding hydrogens is 420 g/mol. The lowest BCUT2D eigenvalue weighted by Crippen LogP contribution is -2.34. The molecule has 1 heterocycles. The number of dihydropyridines is 1. The number of allylic oxidation sites excluding steroid dienone is 2. The van der Waals surface area contributed by atoms with Gasteiger partial charge in [-0.2, -0.15) is 0 Å². The van der Waals surface area contributed by atoms with Crippen LogP contribution in [0, 0.1) is 10.1 Å². The SMILES string of the molecule is CCCOCCOC(=O)C1=C(C=O)NC(C)=C(C(=O)OCC)C1c1cccc([N+](=O)[O-])c1. The van der Waals surface area contributed by atoms with Crippen LogP contribution in [-0.2, 0) is 28.6 Å². The minimum atomic E-state index is -1.10. The zero-order valence-corrected chi connectivity index (χ0v) is 18.2. The van der Waals surface area contributed by atoms with Crippen molar-refractivity contribution < 1.29 is 33.5 Å². The highest BCUT2D eigenvalue weighted by atomic mass is 16.6. The van der Waals surface area contributed by atoms with Gasteiger partial charge < -0.3 is 19.5 Å². The zero-order chi connectivity index (χ0) is 23.7. The first-order valence-corrected chi connectivity index (χ1v) is 10.2. The molecule has 0 saturated carbocycles. The fraction of sp³-hybridized carbons (Fsp3) is 0.409. The summed E-state index contributed by atoms with van der Waals surface area (Å²) >= 11 is 0. The van der Waals surface area contributed by atoms with Crippen LogP contribution in [0.25, 0.3) is 0 Å². The number of ether oxygens (including phenoxy) is 3. The summed E-state index contributed by atoms with van der Waals surface area (Å²) in [5, 5.41) is 14.1. The van der Waals surface area contributed by atoms with E-state index in [1.807, 2.05) is 6.92 Å². The lowest BCUT2D eigenvalue weighted by Gasteiger charge is -2.29. The van der Waals surface area contributed by atoms with Crippen LogP contribution >= 0.6 is 0 Å². The number of hydrogen-bond donors (Lipinski definition) is 1. The summed E-state index contributed by atoms with van der Waals surface area (Å²) in [5.74, 6) is -2.65. The van der Waals surface area contributed by atoms with E-state index in [2.05, 4.69) is 5.32 Å². The van der Waals surface area contributed by atoms with Crippen LogP contribution in [0.2, 0.25) is 0 Å². The molecule has 1 unspecified atom stereocenters. The molecule has 0 fully saturated rings. The minimum Gasteiger partial charge on any atom is -0.463 e. The molecule has 1 aromatic carbocycles. The van der Waals surface area contributed by atoms with E-state index in [4.69, 9.17) is 14.2 Å². The topological polar surface area (TPSA) is 134 Å². The van der Waals surface area contributed by atoms with Crippen molar-refractivity contribution in [3.63, 3.8) is 0 Å². The number of aldehydes is 1. The third kappa shape index (κ3) is 5.79. The molecule has 1 aromatic rings. The van der Waals surface area contributed by atoms with E-state index in [0.717, 1.165) is 6.42 Å². The second kappa shape index (κ2) is 11.8. The van der Waals surface area contributed by atoms with E-state index in [1.165, 1.54) is 24.3 Å². The first-order valence-electron chi connectivity index (χ1n) is 10.2. The van der Waals surface area contributed by atoms with Crippen molar-refractivity contribution >= 4 is 23.9 Å². The van der Waals surface area contributed by atoms with E-state index >= 15 is 0 Å². The maximum Gasteiger partial charge on any atom is 0.337 e. The van der Waals surface area contributed by atoms with Crippen LogP contribution < -0.4 is 5.32 Å². The molecule has 0 amide bonds. The van der Waals surface area contributed by atoms with Crippen molar-refractivity contribution in [1.82, 2.24) is 5.32 Å². The van der Waals surface area contributed by atoms with Crippen LogP contribution in [0.3, 0.4) is 0 Å². The molecule has 10 heteroatoms. The number of nitro benzene ring substituents is 1. The lowest BCUT2D eigenvalue weighted by atomic mass is 9.80. The maximum atomic E-state index is 13.0. The Morgan fingerprint density at radius 3 is 2.47 bits per heavy atom. The highest BCUT2D eigenvalue weighted by Gasteiger charge is 2.39. The highest BCUT2D eigenvalue weighted by molar-refractivity contribution is 6.03. The summed E-state index contributed by atoms with van der Waals surface area (Å²) in [6, 6.07) is 5.52. The van der Waals surface area contributed by atoms with E-state index in [-0.39, 0.29) is 47.9 Å². The van der Waals surface area contributed by atoms with Gasteiger partial charge >= 0.3 is 11.9 Å². The molecule has 1 atom stereocenters. The molecule has 1 aliphatic rings. The molecule has 0 aliphatic carbocycles. The second-order valence-electron chi connectivity index (χ2n) is 6.86. The number of carbonyl (C=O) groups is 3. The molecule has 0 bridgehead atoms. The molecule has 0 spiro atoms. The van der Waals surface area contributed by atoms with Gasteiger partial charge in [-0.25, -0.2) is 9.59 Å². The van der Waals surface area contributed by atoms with Gasteiger partial charge in [-0.15, -0.1) is 0 Å². The Balaban J connectivity index is 2.54. The summed E-state index contributed by atoms with van der Waals surface area (Å²) in [5.41, 5.74) is 0.181. The van der Waals surface area contributed by atoms with Crippen molar-refractivity contribution in [1.29, 1.82) is 0 Å². The zero-order valence-electron chi connectivity index (χ0n) is 18.2. The molecule has 0 radical (unpaired) electrons. The summed E-state index contributed by atoms with van der Waals surface area (Å²) in [6.07, 6.45) is 1.25. The third-order valence-corrected chi connectivity index (χ3v) is 4.65. The number of nitrogens with zero attached hydrogens (tertiary/aromatic N) is 1. The fourth-order valence-electron chi connectivity index (χ4n) is 3.32. The normalized spacial score (nSPS) is 15.8. The van der Waals surface area contributed by atoms with Crippen molar-refractivity contribution in [2.24, 2.45) is 0 Å². The number of nitro groups is 1. The predicted octanol–water partition coefficient (Wildman–Crippen LogP) is 2.54. The van der Waals surface area contributed by atoms with E-state index in [9.17, 15) is 24.5 Å². The van der Waals surface area contributed by atoms with E-state index in [1.54, 1.807) is 13.8 Å². The summed E-state index contributed by atoms with van der Waals surface area (Å²) in [6.45, 7) is 5.82. The average Bonchev–Trinajstić information content (AvgIpc) is 2.78. The number of esters is 2. The van der Waals surface area contributed by atoms with Crippen molar-refractivity contribution in [2.45, 2.75) is 33.1 Å². The van der Waals surface area contributed by atoms with Crippen LogP contribution in [-0.4, -0.2) is 49.6 Å². The highest BCUT2D eigenvalue weighted by Crippen LogP contribution is 2.39. The molecule has 0 aromatic heterocycles. The standard InChI is InChI=1S/C22H26N2O8/c1-4-9-30-10-11-32-22(27)20-17(13-25)23-14(3)18(21(26)31-5-2)19(20)15-7-6-8-16(12-15)24(28)29/h6-8,12-13,19,23H,4-5,9-11H2,1-3H3. The predicted molar refractivity (Wildman–Crippen MR) is 113 cm³/mol. The molecule has 0 saturated heterocycles. The number of rotatable bonds is 11. The van der Waals surface area contributed by atoms with Gasteiger partial charge in [-0.1, -0.05) is 19.1 Å². The molecule has 172 valence electrons. The summed E-state index contributed by atoms with van der Waals surface area (Å²) < 4.78 is 15.7. The van der Waals surface area contributed by atoms with Gasteiger partial charge in [-0.3, -0.25) is 14.9 Å². The first-order chi connectivity index (χ1) is 15.3. The Hall–Kier alpha value is -3.53. The molecule has 1 N–H and O–H groups in total. The van der Waals surface area contributed by atoms with Crippen LogP contribution in [0.1, 0.15) is 38.7 Å². The molecule has 10 nitrogen and oxygen atoms in total. The van der Waals surface area contributed by atoms with Gasteiger partial charge in [0.1, 0.15) is 6.61 Å². The van der Waals surface area contributed by atoms with E-state index in [0.29, 0.717) is 18.6 Å².